The SMILES string of the molecule is C=C/C=C\C(=C)C(=O)OC1=CCC=CC(C)=C1. The largest absolute Gasteiger partial charge is 0.423 e. The summed E-state index contributed by atoms with van der Waals surface area (Å²) in [4.78, 5) is 11.6. The Morgan fingerprint density at radius 3 is 3.00 bits per heavy atom. The quantitative estimate of drug-likeness (QED) is 0.417. The van der Waals surface area contributed by atoms with E-state index in [0.717, 1.165) is 12.0 Å². The first-order chi connectivity index (χ1) is 8.13. The van der Waals surface area contributed by atoms with E-state index in [1.165, 1.54) is 0 Å². The molecule has 0 heterocycles. The zero-order valence-electron chi connectivity index (χ0n) is 9.98. The van der Waals surface area contributed by atoms with Gasteiger partial charge in [-0.2, -0.15) is 0 Å². The molecular weight excluding hydrogens is 212 g/mol. The molecule has 1 rings (SSSR count). The summed E-state index contributed by atoms with van der Waals surface area (Å²) in [6, 6.07) is 0. The van der Waals surface area contributed by atoms with Crippen molar-refractivity contribution in [2.24, 2.45) is 0 Å². The van der Waals surface area contributed by atoms with Crippen molar-refractivity contribution in [2.75, 3.05) is 0 Å². The lowest BCUT2D eigenvalue weighted by Crippen LogP contribution is -2.04. The van der Waals surface area contributed by atoms with Crippen molar-refractivity contribution in [2.45, 2.75) is 13.3 Å². The van der Waals surface area contributed by atoms with Crippen molar-refractivity contribution < 1.29 is 9.53 Å². The van der Waals surface area contributed by atoms with Gasteiger partial charge in [-0.15, -0.1) is 0 Å². The molecule has 0 fully saturated rings. The minimum Gasteiger partial charge on any atom is -0.423 e. The van der Waals surface area contributed by atoms with E-state index in [9.17, 15) is 4.79 Å². The molecule has 0 bridgehead atoms. The minimum absolute atomic E-state index is 0.300. The second-order valence-corrected chi connectivity index (χ2v) is 3.64. The average Bonchev–Trinajstić information content (AvgIpc) is 2.50. The summed E-state index contributed by atoms with van der Waals surface area (Å²) < 4.78 is 5.22. The van der Waals surface area contributed by atoms with Gasteiger partial charge in [0.2, 0.25) is 0 Å². The predicted molar refractivity (Wildman–Crippen MR) is 70.2 cm³/mol. The molecule has 0 aromatic rings. The average molecular weight is 228 g/mol. The van der Waals surface area contributed by atoms with Crippen LogP contribution in [-0.2, 0) is 9.53 Å². The third-order valence-electron chi connectivity index (χ3n) is 2.11. The topological polar surface area (TPSA) is 26.3 Å². The second kappa shape index (κ2) is 6.48. The molecule has 0 amide bonds. The molecule has 0 saturated carbocycles. The van der Waals surface area contributed by atoms with Gasteiger partial charge in [0, 0.05) is 0 Å². The van der Waals surface area contributed by atoms with Gasteiger partial charge in [0.15, 0.2) is 0 Å². The van der Waals surface area contributed by atoms with Crippen molar-refractivity contribution >= 4 is 5.97 Å². The number of allylic oxidation sites excluding steroid dienone is 7. The van der Waals surface area contributed by atoms with Crippen LogP contribution in [-0.4, -0.2) is 5.97 Å². The molecule has 2 nitrogen and oxygen atoms in total. The molecule has 0 saturated heterocycles. The van der Waals surface area contributed by atoms with E-state index in [2.05, 4.69) is 13.2 Å². The molecule has 88 valence electrons. The van der Waals surface area contributed by atoms with Crippen LogP contribution in [0.5, 0.6) is 0 Å². The van der Waals surface area contributed by atoms with Crippen LogP contribution in [0.25, 0.3) is 0 Å². The Labute approximate surface area is 102 Å². The van der Waals surface area contributed by atoms with E-state index in [1.807, 2.05) is 31.2 Å². The third kappa shape index (κ3) is 4.51. The lowest BCUT2D eigenvalue weighted by molar-refractivity contribution is -0.134. The van der Waals surface area contributed by atoms with E-state index < -0.39 is 5.97 Å². The molecule has 0 aromatic carbocycles. The number of hydrogen-bond donors (Lipinski definition) is 0. The highest BCUT2D eigenvalue weighted by atomic mass is 16.5. The van der Waals surface area contributed by atoms with Crippen LogP contribution >= 0.6 is 0 Å². The molecule has 1 aliphatic rings. The number of hydrogen-bond acceptors (Lipinski definition) is 2. The molecule has 1 aliphatic carbocycles. The summed E-state index contributed by atoms with van der Waals surface area (Å²) in [6.45, 7) is 9.10. The van der Waals surface area contributed by atoms with Gasteiger partial charge in [0.25, 0.3) is 0 Å². The van der Waals surface area contributed by atoms with Crippen LogP contribution in [0.2, 0.25) is 0 Å². The van der Waals surface area contributed by atoms with Crippen LogP contribution in [0.15, 0.2) is 72.6 Å². The molecule has 17 heavy (non-hydrogen) atoms. The summed E-state index contributed by atoms with van der Waals surface area (Å²) >= 11 is 0. The molecule has 0 spiro atoms. The Morgan fingerprint density at radius 2 is 2.29 bits per heavy atom. The Bertz CT molecular complexity index is 446. The van der Waals surface area contributed by atoms with Gasteiger partial charge in [0.1, 0.15) is 5.76 Å². The molecule has 0 N–H and O–H groups in total. The van der Waals surface area contributed by atoms with E-state index in [4.69, 9.17) is 4.74 Å². The Balaban J connectivity index is 2.66. The molecule has 0 unspecified atom stereocenters. The Morgan fingerprint density at radius 1 is 1.53 bits per heavy atom. The van der Waals surface area contributed by atoms with Crippen LogP contribution < -0.4 is 0 Å². The van der Waals surface area contributed by atoms with E-state index >= 15 is 0 Å². The molecular formula is C15H16O2. The van der Waals surface area contributed by atoms with Gasteiger partial charge >= 0.3 is 5.97 Å². The number of rotatable bonds is 4. The first-order valence-electron chi connectivity index (χ1n) is 5.38. The first-order valence-corrected chi connectivity index (χ1v) is 5.38. The standard InChI is InChI=1S/C15H16O2/c1-4-5-9-13(3)15(16)17-14-10-7-6-8-12(2)11-14/h4-6,8-11H,1,3,7H2,2H3/b9-5-. The fourth-order valence-corrected chi connectivity index (χ4v) is 1.27. The lowest BCUT2D eigenvalue weighted by atomic mass is 10.2. The highest BCUT2D eigenvalue weighted by Crippen LogP contribution is 2.13. The number of esters is 1. The fourth-order valence-electron chi connectivity index (χ4n) is 1.27. The summed E-state index contributed by atoms with van der Waals surface area (Å²) in [6.07, 6.45) is 13.2. The molecule has 0 atom stereocenters. The van der Waals surface area contributed by atoms with Gasteiger partial charge in [-0.1, -0.05) is 37.5 Å². The van der Waals surface area contributed by atoms with Crippen molar-refractivity contribution in [3.05, 3.63) is 72.6 Å². The van der Waals surface area contributed by atoms with E-state index in [1.54, 1.807) is 18.2 Å². The second-order valence-electron chi connectivity index (χ2n) is 3.64. The molecule has 0 aliphatic heterocycles. The maximum Gasteiger partial charge on any atom is 0.342 e. The van der Waals surface area contributed by atoms with Gasteiger partial charge < -0.3 is 4.74 Å². The molecule has 2 heteroatoms. The summed E-state index contributed by atoms with van der Waals surface area (Å²) in [5, 5.41) is 0. The highest BCUT2D eigenvalue weighted by Gasteiger charge is 2.08. The normalized spacial score (nSPS) is 14.9. The van der Waals surface area contributed by atoms with Crippen LogP contribution in [0.1, 0.15) is 13.3 Å². The van der Waals surface area contributed by atoms with Crippen LogP contribution in [0, 0.1) is 0 Å². The maximum absolute atomic E-state index is 11.6. The fraction of sp³-hybridized carbons (Fsp3) is 0.133. The van der Waals surface area contributed by atoms with Crippen LogP contribution in [0.4, 0.5) is 0 Å². The summed E-state index contributed by atoms with van der Waals surface area (Å²) in [5.41, 5.74) is 1.35. The Hall–Kier alpha value is -2.09. The zero-order chi connectivity index (χ0) is 12.7. The van der Waals surface area contributed by atoms with Crippen molar-refractivity contribution in [1.82, 2.24) is 0 Å². The predicted octanol–water partition coefficient (Wildman–Crippen LogP) is 3.62. The Kier molecular flexibility index (Phi) is 4.95. The molecule has 0 radical (unpaired) electrons. The monoisotopic (exact) mass is 228 g/mol. The van der Waals surface area contributed by atoms with E-state index in [0.29, 0.717) is 11.3 Å². The number of carbonyl (C=O) groups is 1. The smallest absolute Gasteiger partial charge is 0.342 e. The van der Waals surface area contributed by atoms with Crippen molar-refractivity contribution in [1.29, 1.82) is 0 Å². The van der Waals surface area contributed by atoms with Crippen molar-refractivity contribution in [3.63, 3.8) is 0 Å². The minimum atomic E-state index is -0.444. The lowest BCUT2D eigenvalue weighted by Gasteiger charge is -2.04. The number of ether oxygens (including phenoxy) is 1. The van der Waals surface area contributed by atoms with Crippen LogP contribution in [0.3, 0.4) is 0 Å². The van der Waals surface area contributed by atoms with Gasteiger partial charge in [-0.05, 0) is 37.1 Å². The molecule has 0 aromatic heterocycles. The third-order valence-corrected chi connectivity index (χ3v) is 2.11. The first kappa shape index (κ1) is 13.0. The van der Waals surface area contributed by atoms with Gasteiger partial charge in [-0.3, -0.25) is 0 Å². The van der Waals surface area contributed by atoms with Gasteiger partial charge in [0.05, 0.1) is 5.57 Å². The van der Waals surface area contributed by atoms with Crippen molar-refractivity contribution in [3.8, 4) is 0 Å². The zero-order valence-corrected chi connectivity index (χ0v) is 9.98. The summed E-state index contributed by atoms with van der Waals surface area (Å²) in [5.74, 6) is 0.117. The van der Waals surface area contributed by atoms with Gasteiger partial charge in [-0.25, -0.2) is 4.79 Å². The maximum atomic E-state index is 11.6. The summed E-state index contributed by atoms with van der Waals surface area (Å²) in [7, 11) is 0. The number of carbonyl (C=O) groups excluding carboxylic acids is 1. The van der Waals surface area contributed by atoms with E-state index in [-0.39, 0.29) is 0 Å². The highest BCUT2D eigenvalue weighted by molar-refractivity contribution is 5.91.